The number of alkyl halides is 2. The second-order valence-corrected chi connectivity index (χ2v) is 19.2. The summed E-state index contributed by atoms with van der Waals surface area (Å²) in [6.07, 6.45) is 9.23. The smallest absolute Gasteiger partial charge is 0.264 e. The van der Waals surface area contributed by atoms with Crippen molar-refractivity contribution in [1.29, 1.82) is 0 Å². The lowest BCUT2D eigenvalue weighted by Gasteiger charge is -2.39. The molecule has 5 aromatic rings. The van der Waals surface area contributed by atoms with Crippen molar-refractivity contribution in [1.82, 2.24) is 39.3 Å². The number of aromatic nitrogens is 4. The van der Waals surface area contributed by atoms with Gasteiger partial charge in [-0.3, -0.25) is 48.8 Å². The minimum atomic E-state index is -2.69. The van der Waals surface area contributed by atoms with E-state index in [-0.39, 0.29) is 35.9 Å². The van der Waals surface area contributed by atoms with E-state index < -0.39 is 36.1 Å². The maximum absolute atomic E-state index is 15.1. The highest BCUT2D eigenvalue weighted by atomic mass is 19.3. The number of carbonyl (C=O) groups is 5. The molecule has 2 aromatic carbocycles. The lowest BCUT2D eigenvalue weighted by Crippen LogP contribution is -2.54. The highest BCUT2D eigenvalue weighted by Crippen LogP contribution is 2.46. The Morgan fingerprint density at radius 1 is 0.851 bits per heavy atom. The number of rotatable bonds is 8. The number of hydrogen-bond acceptors (Lipinski definition) is 10. The van der Waals surface area contributed by atoms with Gasteiger partial charge in [-0.25, -0.2) is 8.78 Å². The third-order valence-electron chi connectivity index (χ3n) is 15.3. The summed E-state index contributed by atoms with van der Waals surface area (Å²) in [5.74, 6) is -0.714. The van der Waals surface area contributed by atoms with Crippen molar-refractivity contribution in [3.63, 3.8) is 0 Å². The van der Waals surface area contributed by atoms with Gasteiger partial charge < -0.3 is 19.3 Å². The molecule has 1 N–H and O–H groups in total. The molecule has 5 amide bonds. The van der Waals surface area contributed by atoms with Crippen LogP contribution < -0.4 is 15.1 Å². The van der Waals surface area contributed by atoms with Crippen LogP contribution in [0, 0.1) is 5.92 Å². The van der Waals surface area contributed by atoms with Gasteiger partial charge in [0, 0.05) is 130 Å². The summed E-state index contributed by atoms with van der Waals surface area (Å²) in [6.45, 7) is 7.55. The summed E-state index contributed by atoms with van der Waals surface area (Å²) in [5, 5.41) is 8.48. The quantitative estimate of drug-likeness (QED) is 0.176. The zero-order valence-electron chi connectivity index (χ0n) is 37.8. The van der Waals surface area contributed by atoms with E-state index in [0.29, 0.717) is 43.1 Å². The normalized spacial score (nSPS) is 22.4. The molecule has 2 saturated heterocycles. The number of nitrogens with one attached hydrogen (secondary N) is 1. The molecule has 1 unspecified atom stereocenters. The molecule has 8 heterocycles. The Bertz CT molecular complexity index is 2860. The summed E-state index contributed by atoms with van der Waals surface area (Å²) in [6, 6.07) is 10.1. The van der Waals surface area contributed by atoms with Gasteiger partial charge in [0.1, 0.15) is 6.04 Å². The molecule has 0 spiro atoms. The molecule has 5 aliphatic heterocycles. The summed E-state index contributed by atoms with van der Waals surface area (Å²) >= 11 is 0. The van der Waals surface area contributed by atoms with Crippen LogP contribution in [0.3, 0.4) is 0 Å². The molecule has 0 radical (unpaired) electrons. The van der Waals surface area contributed by atoms with Crippen LogP contribution in [0.15, 0.2) is 55.0 Å². The first-order chi connectivity index (χ1) is 32.4. The number of fused-ring (bicyclic) bond motifs is 4. The number of anilines is 3. The van der Waals surface area contributed by atoms with Gasteiger partial charge in [0.15, 0.2) is 5.82 Å². The Morgan fingerprint density at radius 2 is 1.64 bits per heavy atom. The molecular weight excluding hydrogens is 859 g/mol. The van der Waals surface area contributed by atoms with Crippen LogP contribution in [0.4, 0.5) is 26.0 Å². The van der Waals surface area contributed by atoms with Crippen LogP contribution in [-0.2, 0) is 40.8 Å². The van der Waals surface area contributed by atoms with E-state index in [2.05, 4.69) is 29.7 Å². The zero-order chi connectivity index (χ0) is 46.2. The predicted molar refractivity (Wildman–Crippen MR) is 246 cm³/mol. The molecule has 1 atom stereocenters. The summed E-state index contributed by atoms with van der Waals surface area (Å²) in [5.41, 5.74) is 7.56. The fourth-order valence-corrected chi connectivity index (χ4v) is 11.7. The van der Waals surface area contributed by atoms with E-state index in [4.69, 9.17) is 5.10 Å². The number of hydrogen-bond donors (Lipinski definition) is 1. The molecule has 348 valence electrons. The first-order valence-electron chi connectivity index (χ1n) is 23.7. The first kappa shape index (κ1) is 43.1. The Hall–Kier alpha value is -6.49. The van der Waals surface area contributed by atoms with Crippen LogP contribution >= 0.6 is 0 Å². The molecule has 1 saturated carbocycles. The van der Waals surface area contributed by atoms with Gasteiger partial charge in [-0.05, 0) is 98.4 Å². The third kappa shape index (κ3) is 7.55. The van der Waals surface area contributed by atoms with Crippen LogP contribution in [0.1, 0.15) is 107 Å². The van der Waals surface area contributed by atoms with Crippen LogP contribution in [0.25, 0.3) is 22.0 Å². The van der Waals surface area contributed by atoms with Crippen LogP contribution in [0.5, 0.6) is 0 Å². The minimum absolute atomic E-state index is 0.0104. The maximum Gasteiger partial charge on any atom is 0.264 e. The van der Waals surface area contributed by atoms with Crippen LogP contribution in [-0.4, -0.2) is 115 Å². The predicted octanol–water partition coefficient (Wildman–Crippen LogP) is 6.32. The van der Waals surface area contributed by atoms with Crippen molar-refractivity contribution >= 4 is 57.6 Å². The molecule has 1 aliphatic carbocycles. The summed E-state index contributed by atoms with van der Waals surface area (Å²) < 4.78 is 34.5. The van der Waals surface area contributed by atoms with E-state index in [0.717, 1.165) is 127 Å². The third-order valence-corrected chi connectivity index (χ3v) is 15.3. The number of pyridine rings is 1. The van der Waals surface area contributed by atoms with Crippen molar-refractivity contribution in [3.05, 3.63) is 88.5 Å². The van der Waals surface area contributed by atoms with Crippen molar-refractivity contribution in [2.45, 2.75) is 89.8 Å². The SMILES string of the molecule is CC(=O)N1CCc2c(c(N3CCCc4cc(-c5cn(C)c6ccncc56)c(C(F)F)cc43)nn2C2CCC(CN3CCN(c4ccc5c(c4)C(=O)N(C4CCC(=O)NC4=O)C5=O)CC3)CC2)C1. The molecule has 67 heavy (non-hydrogen) atoms. The van der Waals surface area contributed by atoms with Gasteiger partial charge in [-0.1, -0.05) is 0 Å². The molecule has 0 bridgehead atoms. The Balaban J connectivity index is 0.774. The monoisotopic (exact) mass is 912 g/mol. The second-order valence-electron chi connectivity index (χ2n) is 19.2. The Labute approximate surface area is 386 Å². The highest BCUT2D eigenvalue weighted by Gasteiger charge is 2.45. The van der Waals surface area contributed by atoms with E-state index in [1.807, 2.05) is 40.9 Å². The molecule has 15 nitrogen and oxygen atoms in total. The summed E-state index contributed by atoms with van der Waals surface area (Å²) in [4.78, 5) is 77.8. The average molecular weight is 913 g/mol. The van der Waals surface area contributed by atoms with E-state index in [1.54, 1.807) is 37.5 Å². The lowest BCUT2D eigenvalue weighted by molar-refractivity contribution is -0.136. The number of nitrogens with zero attached hydrogens (tertiary/aromatic N) is 9. The van der Waals surface area contributed by atoms with E-state index in [9.17, 15) is 24.0 Å². The zero-order valence-corrected chi connectivity index (χ0v) is 37.8. The lowest BCUT2D eigenvalue weighted by atomic mass is 9.85. The van der Waals surface area contributed by atoms with Gasteiger partial charge in [0.2, 0.25) is 17.7 Å². The molecule has 17 heteroatoms. The van der Waals surface area contributed by atoms with Crippen molar-refractivity contribution in [2.75, 3.05) is 55.6 Å². The number of benzene rings is 2. The van der Waals surface area contributed by atoms with E-state index in [1.165, 1.54) is 0 Å². The highest BCUT2D eigenvalue weighted by molar-refractivity contribution is 6.23. The standard InChI is InChI=1S/C50H54F2N10O5/c1-29(63)59-17-14-42-40(28-59)47(60-16-3-4-31-22-35(36(46(51)52)24-44(31)60)39-27-56(2)41-13-15-53-25-38(39)41)55-62(42)32-7-5-30(6-8-32)26-57-18-20-58(21-19-57)33-9-10-34-37(23-33)50(67)61(49(34)66)43-11-12-45(64)54-48(43)65/h9-10,13,15,22-25,27,30,32,43,46H,3-8,11-12,14,16-21,26,28H2,1-2H3,(H,54,64,65). The van der Waals surface area contributed by atoms with Gasteiger partial charge in [-0.15, -0.1) is 0 Å². The number of amides is 5. The maximum atomic E-state index is 15.1. The first-order valence-corrected chi connectivity index (χ1v) is 23.7. The van der Waals surface area contributed by atoms with Gasteiger partial charge in [0.25, 0.3) is 18.2 Å². The van der Waals surface area contributed by atoms with Gasteiger partial charge in [0.05, 0.1) is 29.2 Å². The molecule has 11 rings (SSSR count). The van der Waals surface area contributed by atoms with Crippen molar-refractivity contribution in [2.24, 2.45) is 13.0 Å². The number of piperazine rings is 1. The molecule has 6 aliphatic rings. The largest absolute Gasteiger partial charge is 0.369 e. The van der Waals surface area contributed by atoms with Crippen molar-refractivity contribution < 1.29 is 32.8 Å². The van der Waals surface area contributed by atoms with E-state index >= 15 is 8.78 Å². The minimum Gasteiger partial charge on any atom is -0.369 e. The second kappa shape index (κ2) is 17.0. The molecule has 3 fully saturated rings. The number of aryl methyl sites for hydroxylation is 2. The number of carbonyl (C=O) groups excluding carboxylic acids is 5. The van der Waals surface area contributed by atoms with Crippen LogP contribution in [0.2, 0.25) is 0 Å². The molecule has 3 aromatic heterocycles. The van der Waals surface area contributed by atoms with Gasteiger partial charge >= 0.3 is 0 Å². The number of piperidine rings is 1. The van der Waals surface area contributed by atoms with Crippen molar-refractivity contribution in [3.8, 4) is 11.1 Å². The Morgan fingerprint density at radius 3 is 2.40 bits per heavy atom. The fraction of sp³-hybridized carbons (Fsp3) is 0.460. The number of halogens is 2. The fourth-order valence-electron chi connectivity index (χ4n) is 11.7. The topological polar surface area (TPSA) is 149 Å². The Kier molecular flexibility index (Phi) is 10.9. The summed E-state index contributed by atoms with van der Waals surface area (Å²) in [7, 11) is 1.92. The number of imide groups is 2. The average Bonchev–Trinajstić information content (AvgIpc) is 3.96. The molecular formula is C50H54F2N10O5. The van der Waals surface area contributed by atoms with Gasteiger partial charge in [-0.2, -0.15) is 5.10 Å².